The third-order valence-corrected chi connectivity index (χ3v) is 1.53. The smallest absolute Gasteiger partial charge is 0.133 e. The molecule has 12 heavy (non-hydrogen) atoms. The first-order chi connectivity index (χ1) is 4.54. The molecule has 0 aromatic heterocycles. The monoisotopic (exact) mass is 210 g/mol. The van der Waals surface area contributed by atoms with Gasteiger partial charge in [-0.3, -0.25) is 4.79 Å². The molecule has 0 aliphatic carbocycles. The van der Waals surface area contributed by atoms with Crippen molar-refractivity contribution < 1.29 is 23.4 Å². The summed E-state index contributed by atoms with van der Waals surface area (Å²) in [6.07, 6.45) is 0. The number of nitrogens with one attached hydrogen (secondary N) is 1. The van der Waals surface area contributed by atoms with Crippen LogP contribution >= 0.6 is 0 Å². The molecule has 1 atom stereocenters. The second-order valence-corrected chi connectivity index (χ2v) is 3.07. The zero-order valence-electron chi connectivity index (χ0n) is 7.72. The third-order valence-electron chi connectivity index (χ3n) is 1.53. The van der Waals surface area contributed by atoms with Gasteiger partial charge in [0, 0.05) is 37.1 Å². The minimum Gasteiger partial charge on any atom is -0.314 e. The van der Waals surface area contributed by atoms with Crippen molar-refractivity contribution in [2.24, 2.45) is 5.92 Å². The summed E-state index contributed by atoms with van der Waals surface area (Å²) >= 11 is 0. The number of rotatable bonds is 4. The Morgan fingerprint density at radius 3 is 2.00 bits per heavy atom. The molecule has 1 radical (unpaired) electrons. The van der Waals surface area contributed by atoms with Crippen LogP contribution < -0.4 is 5.32 Å². The van der Waals surface area contributed by atoms with Gasteiger partial charge in [-0.25, -0.2) is 0 Å². The van der Waals surface area contributed by atoms with Crippen LogP contribution in [0.2, 0.25) is 0 Å². The number of Topliss-reactive ketones (excluding diaryl/α,β-unsaturated/α-hetero) is 1. The van der Waals surface area contributed by atoms with E-state index >= 15 is 0 Å². The number of carbonyl (C=O) groups is 1. The van der Waals surface area contributed by atoms with Gasteiger partial charge >= 0.3 is 0 Å². The van der Waals surface area contributed by atoms with Crippen LogP contribution in [0, 0.1) is 5.92 Å². The average Bonchev–Trinajstić information content (AvgIpc) is 1.82. The van der Waals surface area contributed by atoms with E-state index in [2.05, 4.69) is 19.2 Å². The second-order valence-electron chi connectivity index (χ2n) is 3.07. The minimum absolute atomic E-state index is 0. The van der Waals surface area contributed by atoms with Gasteiger partial charge in [0.15, 0.2) is 0 Å². The molecule has 0 saturated heterocycles. The number of hydrogen-bond donors (Lipinski definition) is 1. The van der Waals surface area contributed by atoms with E-state index < -0.39 is 0 Å². The Hall–Kier alpha value is 0.214. The van der Waals surface area contributed by atoms with Crippen LogP contribution in [-0.4, -0.2) is 18.4 Å². The van der Waals surface area contributed by atoms with Crippen LogP contribution in [-0.2, 0) is 23.4 Å². The second kappa shape index (κ2) is 9.30. The predicted molar refractivity (Wildman–Crippen MR) is 49.7 cm³/mol. The predicted octanol–water partition coefficient (Wildman–Crippen LogP) is 1.84. The van der Waals surface area contributed by atoms with Crippen molar-refractivity contribution >= 4 is 5.78 Å². The molecule has 0 aromatic rings. The zero-order chi connectivity index (χ0) is 8.15. The molecule has 0 aliphatic rings. The Kier molecular flexibility index (Phi) is 14.0. The van der Waals surface area contributed by atoms with Crippen LogP contribution in [0.25, 0.3) is 0 Å². The summed E-state index contributed by atoms with van der Waals surface area (Å²) in [6.45, 7) is 8.52. The van der Waals surface area contributed by atoms with E-state index in [1.165, 1.54) is 0 Å². The maximum absolute atomic E-state index is 10.7. The van der Waals surface area contributed by atoms with Crippen molar-refractivity contribution in [3.63, 3.8) is 0 Å². The number of hydrogen-bond acceptors (Lipinski definition) is 2. The fourth-order valence-corrected chi connectivity index (χ4v) is 0.556. The van der Waals surface area contributed by atoms with Gasteiger partial charge in [-0.15, -0.1) is 0 Å². The summed E-state index contributed by atoms with van der Waals surface area (Å²) in [5.41, 5.74) is 0. The Balaban J connectivity index is -0.000000405. The molecule has 1 N–H and O–H groups in total. The normalized spacial score (nSPS) is 11.4. The Morgan fingerprint density at radius 1 is 1.33 bits per heavy atom. The van der Waals surface area contributed by atoms with E-state index in [1.54, 1.807) is 6.92 Å². The summed E-state index contributed by atoms with van der Waals surface area (Å²) in [5.74, 6) is 0.413. The van der Waals surface area contributed by atoms with E-state index in [0.29, 0.717) is 6.04 Å². The number of carbonyl (C=O) groups excluding carboxylic acids is 1. The van der Waals surface area contributed by atoms with Crippen LogP contribution in [0.1, 0.15) is 35.1 Å². The Morgan fingerprint density at radius 2 is 1.75 bits per heavy atom. The molecule has 0 bridgehead atoms. The van der Waals surface area contributed by atoms with Crippen molar-refractivity contribution in [1.82, 2.24) is 5.32 Å². The summed E-state index contributed by atoms with van der Waals surface area (Å²) in [7, 11) is 0. The van der Waals surface area contributed by atoms with Crippen LogP contribution in [0.5, 0.6) is 0 Å². The van der Waals surface area contributed by atoms with Gasteiger partial charge in [-0.2, -0.15) is 0 Å². The standard InChI is InChI=1S/C8H17NO.CH4.V/c1-6(2)9-5-7(3)8(4)10;;/h6-7,9H,5H2,1-4H3;1H4;. The molecule has 1 unspecified atom stereocenters. The van der Waals surface area contributed by atoms with Crippen molar-refractivity contribution in [3.05, 3.63) is 0 Å². The maximum atomic E-state index is 10.7. The summed E-state index contributed by atoms with van der Waals surface area (Å²) in [5, 5.41) is 3.21. The first-order valence-electron chi connectivity index (χ1n) is 3.78. The van der Waals surface area contributed by atoms with Gasteiger partial charge in [0.05, 0.1) is 0 Å². The Labute approximate surface area is 88.4 Å². The molecule has 0 aromatic carbocycles. The van der Waals surface area contributed by atoms with Gasteiger partial charge in [0.25, 0.3) is 0 Å². The van der Waals surface area contributed by atoms with Crippen molar-refractivity contribution in [2.45, 2.75) is 41.2 Å². The summed E-state index contributed by atoms with van der Waals surface area (Å²) in [4.78, 5) is 10.7. The van der Waals surface area contributed by atoms with Gasteiger partial charge in [-0.1, -0.05) is 28.2 Å². The molecule has 0 spiro atoms. The van der Waals surface area contributed by atoms with Crippen LogP contribution in [0.15, 0.2) is 0 Å². The molecule has 3 heteroatoms. The van der Waals surface area contributed by atoms with Crippen molar-refractivity contribution in [3.8, 4) is 0 Å². The van der Waals surface area contributed by atoms with E-state index in [0.717, 1.165) is 6.54 Å². The third kappa shape index (κ3) is 10.2. The van der Waals surface area contributed by atoms with E-state index in [9.17, 15) is 4.79 Å². The molecule has 0 saturated carbocycles. The quantitative estimate of drug-likeness (QED) is 0.767. The van der Waals surface area contributed by atoms with Crippen LogP contribution in [0.3, 0.4) is 0 Å². The minimum atomic E-state index is 0. The molecule has 73 valence electrons. The fourth-order valence-electron chi connectivity index (χ4n) is 0.556. The van der Waals surface area contributed by atoms with Gasteiger partial charge in [-0.05, 0) is 6.92 Å². The van der Waals surface area contributed by atoms with Gasteiger partial charge < -0.3 is 5.32 Å². The molecular formula is C9H21NOV. The van der Waals surface area contributed by atoms with Crippen molar-refractivity contribution in [2.75, 3.05) is 6.54 Å². The average molecular weight is 210 g/mol. The van der Waals surface area contributed by atoms with E-state index in [-0.39, 0.29) is 37.7 Å². The van der Waals surface area contributed by atoms with Gasteiger partial charge in [0.1, 0.15) is 5.78 Å². The van der Waals surface area contributed by atoms with Crippen molar-refractivity contribution in [1.29, 1.82) is 0 Å². The first kappa shape index (κ1) is 18.1. The SMILES string of the molecule is C.CC(=O)C(C)CNC(C)C.[V]. The van der Waals surface area contributed by atoms with E-state index in [4.69, 9.17) is 0 Å². The summed E-state index contributed by atoms with van der Waals surface area (Å²) < 4.78 is 0. The molecule has 0 heterocycles. The van der Waals surface area contributed by atoms with Gasteiger partial charge in [0.2, 0.25) is 0 Å². The maximum Gasteiger partial charge on any atom is 0.133 e. The number of ketones is 1. The fraction of sp³-hybridized carbons (Fsp3) is 0.889. The van der Waals surface area contributed by atoms with E-state index in [1.807, 2.05) is 6.92 Å². The molecule has 0 amide bonds. The van der Waals surface area contributed by atoms with Crippen LogP contribution in [0.4, 0.5) is 0 Å². The molecule has 0 fully saturated rings. The molecule has 0 rings (SSSR count). The molecule has 2 nitrogen and oxygen atoms in total. The topological polar surface area (TPSA) is 29.1 Å². The molecular weight excluding hydrogens is 189 g/mol. The summed E-state index contributed by atoms with van der Waals surface area (Å²) in [6, 6.07) is 0.474. The zero-order valence-corrected chi connectivity index (χ0v) is 9.11. The Bertz CT molecular complexity index is 115. The largest absolute Gasteiger partial charge is 0.314 e. The first-order valence-corrected chi connectivity index (χ1v) is 3.78. The molecule has 0 aliphatic heterocycles.